The number of nitrogens with zero attached hydrogens (tertiary/aromatic N) is 1. The largest absolute Gasteiger partial charge is 0.351 e. The lowest BCUT2D eigenvalue weighted by Gasteiger charge is -2.30. The topological polar surface area (TPSA) is 105 Å². The zero-order valence-corrected chi connectivity index (χ0v) is 11.8. The monoisotopic (exact) mass is 308 g/mol. The van der Waals surface area contributed by atoms with Crippen LogP contribution in [0.1, 0.15) is 23.2 Å². The fraction of sp³-hybridized carbons (Fsp3) is 0.357. The van der Waals surface area contributed by atoms with Crippen molar-refractivity contribution in [3.63, 3.8) is 0 Å². The van der Waals surface area contributed by atoms with Gasteiger partial charge in [-0.2, -0.15) is 0 Å². The number of hydrazine groups is 1. The number of hydrogen-bond acceptors (Lipinski definition) is 3. The molecule has 1 aromatic carbocycles. The lowest BCUT2D eigenvalue weighted by atomic mass is 9.98. The molecule has 1 aliphatic rings. The van der Waals surface area contributed by atoms with E-state index in [9.17, 15) is 18.8 Å². The van der Waals surface area contributed by atoms with E-state index in [1.54, 1.807) is 0 Å². The van der Waals surface area contributed by atoms with Crippen molar-refractivity contribution in [2.75, 3.05) is 13.1 Å². The lowest BCUT2D eigenvalue weighted by Crippen LogP contribution is -2.50. The number of nitrogens with two attached hydrogens (primary N) is 1. The molecule has 4 amide bonds. The Labute approximate surface area is 126 Å². The van der Waals surface area contributed by atoms with Crippen LogP contribution in [0.3, 0.4) is 0 Å². The van der Waals surface area contributed by atoms with Gasteiger partial charge in [0.15, 0.2) is 0 Å². The van der Waals surface area contributed by atoms with Gasteiger partial charge < -0.3 is 10.6 Å². The molecule has 0 spiro atoms. The van der Waals surface area contributed by atoms with E-state index in [-0.39, 0.29) is 18.0 Å². The molecule has 4 N–H and O–H groups in total. The third kappa shape index (κ3) is 3.94. The van der Waals surface area contributed by atoms with Gasteiger partial charge in [0.2, 0.25) is 5.91 Å². The van der Waals surface area contributed by atoms with Gasteiger partial charge in [-0.3, -0.25) is 20.4 Å². The van der Waals surface area contributed by atoms with Gasteiger partial charge in [-0.1, -0.05) is 0 Å². The molecule has 0 unspecified atom stereocenters. The number of carbonyl (C=O) groups is 3. The number of amides is 4. The molecule has 0 aromatic heterocycles. The van der Waals surface area contributed by atoms with Gasteiger partial charge in [0.05, 0.1) is 5.92 Å². The third-order valence-electron chi connectivity index (χ3n) is 3.51. The van der Waals surface area contributed by atoms with Crippen LogP contribution in [0.25, 0.3) is 0 Å². The van der Waals surface area contributed by atoms with Crippen LogP contribution in [0, 0.1) is 11.7 Å². The number of urea groups is 1. The Morgan fingerprint density at radius 2 is 1.86 bits per heavy atom. The minimum absolute atomic E-state index is 0.226. The van der Waals surface area contributed by atoms with E-state index in [1.807, 2.05) is 0 Å². The summed E-state index contributed by atoms with van der Waals surface area (Å²) in [6, 6.07) is 4.37. The van der Waals surface area contributed by atoms with Crippen molar-refractivity contribution in [1.82, 2.24) is 15.8 Å². The SMILES string of the molecule is NC(=O)N1CCC[C@H](C(=O)NNC(=O)c2ccc(F)cc2)C1. The predicted octanol–water partition coefficient (Wildman–Crippen LogP) is 0.377. The standard InChI is InChI=1S/C14H17FN4O3/c15-11-5-3-9(4-6-11)12(20)17-18-13(21)10-2-1-7-19(8-10)14(16)22/h3-6,10H,1-2,7-8H2,(H2,16,22)(H,17,20)(H,18,21)/t10-/m0/s1. The molecule has 22 heavy (non-hydrogen) atoms. The van der Waals surface area contributed by atoms with Gasteiger partial charge >= 0.3 is 6.03 Å². The molecule has 8 heteroatoms. The number of hydrogen-bond donors (Lipinski definition) is 3. The summed E-state index contributed by atoms with van der Waals surface area (Å²) in [6.07, 6.45) is 1.29. The third-order valence-corrected chi connectivity index (χ3v) is 3.51. The van der Waals surface area contributed by atoms with Gasteiger partial charge in [-0.15, -0.1) is 0 Å². The van der Waals surface area contributed by atoms with Crippen LogP contribution in [-0.2, 0) is 4.79 Å². The number of carbonyl (C=O) groups excluding carboxylic acids is 3. The maximum Gasteiger partial charge on any atom is 0.314 e. The summed E-state index contributed by atoms with van der Waals surface area (Å²) in [4.78, 5) is 36.3. The molecular formula is C14H17FN4O3. The summed E-state index contributed by atoms with van der Waals surface area (Å²) in [7, 11) is 0. The highest BCUT2D eigenvalue weighted by Crippen LogP contribution is 2.16. The number of rotatable bonds is 2. The first-order valence-corrected chi connectivity index (χ1v) is 6.87. The molecule has 1 aliphatic heterocycles. The van der Waals surface area contributed by atoms with Crippen LogP contribution < -0.4 is 16.6 Å². The van der Waals surface area contributed by atoms with Crippen LogP contribution in [-0.4, -0.2) is 35.8 Å². The number of likely N-dealkylation sites (tertiary alicyclic amines) is 1. The number of halogens is 1. The van der Waals surface area contributed by atoms with Crippen LogP contribution in [0.4, 0.5) is 9.18 Å². The van der Waals surface area contributed by atoms with Gasteiger partial charge in [0.1, 0.15) is 5.82 Å². The van der Waals surface area contributed by atoms with Crippen molar-refractivity contribution >= 4 is 17.8 Å². The molecule has 0 aliphatic carbocycles. The molecular weight excluding hydrogens is 291 g/mol. The molecule has 7 nitrogen and oxygen atoms in total. The fourth-order valence-electron chi connectivity index (χ4n) is 2.29. The minimum atomic E-state index is -0.562. The highest BCUT2D eigenvalue weighted by atomic mass is 19.1. The summed E-state index contributed by atoms with van der Waals surface area (Å²) < 4.78 is 12.8. The second kappa shape index (κ2) is 6.88. The van der Waals surface area contributed by atoms with Crippen molar-refractivity contribution in [2.45, 2.75) is 12.8 Å². The summed E-state index contributed by atoms with van der Waals surface area (Å²) in [5, 5.41) is 0. The van der Waals surface area contributed by atoms with Crippen LogP contribution >= 0.6 is 0 Å². The highest BCUT2D eigenvalue weighted by Gasteiger charge is 2.27. The maximum absolute atomic E-state index is 12.8. The van der Waals surface area contributed by atoms with E-state index < -0.39 is 23.7 Å². The minimum Gasteiger partial charge on any atom is -0.351 e. The lowest BCUT2D eigenvalue weighted by molar-refractivity contribution is -0.127. The average Bonchev–Trinajstić information content (AvgIpc) is 2.53. The van der Waals surface area contributed by atoms with Crippen molar-refractivity contribution in [3.05, 3.63) is 35.6 Å². The van der Waals surface area contributed by atoms with Gasteiger partial charge in [0.25, 0.3) is 5.91 Å². The highest BCUT2D eigenvalue weighted by molar-refractivity contribution is 5.95. The summed E-state index contributed by atoms with van der Waals surface area (Å²) in [6.45, 7) is 0.759. The normalized spacial score (nSPS) is 17.7. The van der Waals surface area contributed by atoms with Gasteiger partial charge in [-0.05, 0) is 37.1 Å². The maximum atomic E-state index is 12.8. The van der Waals surface area contributed by atoms with E-state index in [0.717, 1.165) is 12.1 Å². The van der Waals surface area contributed by atoms with E-state index in [1.165, 1.54) is 17.0 Å². The predicted molar refractivity (Wildman–Crippen MR) is 75.9 cm³/mol. The molecule has 0 radical (unpaired) electrons. The van der Waals surface area contributed by atoms with Crippen LogP contribution in [0.2, 0.25) is 0 Å². The first kappa shape index (κ1) is 15.7. The van der Waals surface area contributed by atoms with Crippen LogP contribution in [0.5, 0.6) is 0 Å². The molecule has 118 valence electrons. The van der Waals surface area contributed by atoms with Crippen molar-refractivity contribution in [1.29, 1.82) is 0 Å². The summed E-state index contributed by atoms with van der Waals surface area (Å²) in [5.74, 6) is -1.80. The average molecular weight is 308 g/mol. The first-order chi connectivity index (χ1) is 10.5. The molecule has 1 atom stereocenters. The number of nitrogens with one attached hydrogen (secondary N) is 2. The Kier molecular flexibility index (Phi) is 4.92. The first-order valence-electron chi connectivity index (χ1n) is 6.87. The molecule has 0 saturated carbocycles. The Hall–Kier alpha value is -2.64. The van der Waals surface area contributed by atoms with Gasteiger partial charge in [0, 0.05) is 18.7 Å². The number of primary amides is 1. The van der Waals surface area contributed by atoms with Gasteiger partial charge in [-0.25, -0.2) is 9.18 Å². The Balaban J connectivity index is 1.85. The van der Waals surface area contributed by atoms with Crippen molar-refractivity contribution in [2.24, 2.45) is 11.7 Å². The van der Waals surface area contributed by atoms with Crippen molar-refractivity contribution in [3.8, 4) is 0 Å². The summed E-state index contributed by atoms with van der Waals surface area (Å²) >= 11 is 0. The Morgan fingerprint density at radius 1 is 1.18 bits per heavy atom. The zero-order valence-electron chi connectivity index (χ0n) is 11.8. The van der Waals surface area contributed by atoms with E-state index >= 15 is 0 Å². The smallest absolute Gasteiger partial charge is 0.314 e. The number of benzene rings is 1. The second-order valence-corrected chi connectivity index (χ2v) is 5.07. The summed E-state index contributed by atoms with van der Waals surface area (Å²) in [5.41, 5.74) is 10.00. The van der Waals surface area contributed by atoms with E-state index in [2.05, 4.69) is 10.9 Å². The van der Waals surface area contributed by atoms with Crippen molar-refractivity contribution < 1.29 is 18.8 Å². The molecule has 1 saturated heterocycles. The molecule has 2 rings (SSSR count). The molecule has 0 bridgehead atoms. The second-order valence-electron chi connectivity index (χ2n) is 5.07. The molecule has 1 fully saturated rings. The quantitative estimate of drug-likeness (QED) is 0.688. The molecule has 1 aromatic rings. The number of piperidine rings is 1. The van der Waals surface area contributed by atoms with E-state index in [0.29, 0.717) is 19.4 Å². The Bertz CT molecular complexity index is 576. The van der Waals surface area contributed by atoms with Crippen LogP contribution in [0.15, 0.2) is 24.3 Å². The zero-order chi connectivity index (χ0) is 16.1. The fourth-order valence-corrected chi connectivity index (χ4v) is 2.29. The Morgan fingerprint density at radius 3 is 2.50 bits per heavy atom. The van der Waals surface area contributed by atoms with E-state index in [4.69, 9.17) is 5.73 Å². The molecule has 1 heterocycles.